The molecule has 0 aliphatic carbocycles. The van der Waals surface area contributed by atoms with Crippen molar-refractivity contribution < 1.29 is 30.9 Å². The Bertz CT molecular complexity index is 1230. The Kier molecular flexibility index (Phi) is 5.50. The molecule has 1 fully saturated rings. The zero-order valence-electron chi connectivity index (χ0n) is 15.8. The topological polar surface area (TPSA) is 96.6 Å². The lowest BCUT2D eigenvalue weighted by atomic mass is 10.2. The van der Waals surface area contributed by atoms with Gasteiger partial charge in [0.25, 0.3) is 5.91 Å². The van der Waals surface area contributed by atoms with Gasteiger partial charge < -0.3 is 9.42 Å². The molecule has 3 aromatic rings. The second-order valence-corrected chi connectivity index (χ2v) is 8.59. The first-order chi connectivity index (χ1) is 14.8. The summed E-state index contributed by atoms with van der Waals surface area (Å²) < 4.78 is 71.9. The molecule has 1 amide bonds. The first kappa shape index (κ1) is 21.0. The van der Waals surface area contributed by atoms with Gasteiger partial charge in [-0.2, -0.15) is 4.31 Å². The average Bonchev–Trinajstić information content (AvgIpc) is 3.28. The largest absolute Gasteiger partial charge is 0.355 e. The van der Waals surface area contributed by atoms with Gasteiger partial charge in [0.15, 0.2) is 28.9 Å². The van der Waals surface area contributed by atoms with Crippen LogP contribution in [0.25, 0.3) is 11.3 Å². The molecule has 3 heterocycles. The summed E-state index contributed by atoms with van der Waals surface area (Å²) in [7, 11) is -4.41. The maximum Gasteiger partial charge on any atom is 0.276 e. The van der Waals surface area contributed by atoms with Crippen LogP contribution in [0.15, 0.2) is 52.1 Å². The number of pyridine rings is 1. The smallest absolute Gasteiger partial charge is 0.276 e. The summed E-state index contributed by atoms with van der Waals surface area (Å²) in [5.41, 5.74) is 0.681. The Morgan fingerprint density at radius 1 is 1.03 bits per heavy atom. The monoisotopic (exact) mass is 452 g/mol. The third-order valence-electron chi connectivity index (χ3n) is 4.82. The van der Waals surface area contributed by atoms with Crippen LogP contribution in [0.2, 0.25) is 0 Å². The van der Waals surface area contributed by atoms with E-state index in [0.717, 1.165) is 4.31 Å². The van der Waals surface area contributed by atoms with Gasteiger partial charge in [0, 0.05) is 50.2 Å². The fraction of sp³-hybridized carbons (Fsp3) is 0.211. The number of amides is 1. The minimum atomic E-state index is -4.41. The van der Waals surface area contributed by atoms with Crippen molar-refractivity contribution in [1.82, 2.24) is 19.3 Å². The lowest BCUT2D eigenvalue weighted by molar-refractivity contribution is 0.0687. The molecule has 0 unspecified atom stereocenters. The molecule has 0 atom stereocenters. The summed E-state index contributed by atoms with van der Waals surface area (Å²) in [5.74, 6) is -5.22. The molecule has 1 aromatic carbocycles. The molecule has 0 spiro atoms. The van der Waals surface area contributed by atoms with Gasteiger partial charge in [-0.15, -0.1) is 0 Å². The normalized spacial score (nSPS) is 15.3. The van der Waals surface area contributed by atoms with E-state index >= 15 is 0 Å². The highest BCUT2D eigenvalue weighted by atomic mass is 32.2. The highest BCUT2D eigenvalue weighted by Gasteiger charge is 2.34. The molecule has 1 aliphatic rings. The second kappa shape index (κ2) is 8.12. The van der Waals surface area contributed by atoms with E-state index in [-0.39, 0.29) is 31.9 Å². The van der Waals surface area contributed by atoms with E-state index in [4.69, 9.17) is 4.52 Å². The van der Waals surface area contributed by atoms with Gasteiger partial charge >= 0.3 is 0 Å². The molecule has 1 aliphatic heterocycles. The number of rotatable bonds is 4. The summed E-state index contributed by atoms with van der Waals surface area (Å²) in [6, 6.07) is 6.13. The minimum Gasteiger partial charge on any atom is -0.355 e. The fourth-order valence-electron chi connectivity index (χ4n) is 3.16. The highest BCUT2D eigenvalue weighted by Crippen LogP contribution is 2.25. The summed E-state index contributed by atoms with van der Waals surface area (Å²) >= 11 is 0. The van der Waals surface area contributed by atoms with Crippen molar-refractivity contribution in [3.63, 3.8) is 0 Å². The Morgan fingerprint density at radius 3 is 2.45 bits per heavy atom. The van der Waals surface area contributed by atoms with E-state index in [0.29, 0.717) is 23.5 Å². The first-order valence-electron chi connectivity index (χ1n) is 9.09. The van der Waals surface area contributed by atoms with Crippen molar-refractivity contribution in [2.45, 2.75) is 4.90 Å². The van der Waals surface area contributed by atoms with Crippen LogP contribution < -0.4 is 0 Å². The lowest BCUT2D eigenvalue weighted by Crippen LogP contribution is -2.50. The molecule has 31 heavy (non-hydrogen) atoms. The molecule has 8 nitrogen and oxygen atoms in total. The molecule has 2 aromatic heterocycles. The number of hydrogen-bond donors (Lipinski definition) is 0. The summed E-state index contributed by atoms with van der Waals surface area (Å²) in [6.45, 7) is -0.309. The number of halogens is 3. The van der Waals surface area contributed by atoms with Gasteiger partial charge in [0.2, 0.25) is 10.0 Å². The van der Waals surface area contributed by atoms with Crippen molar-refractivity contribution in [3.05, 3.63) is 65.9 Å². The minimum absolute atomic E-state index is 0.00154. The molecule has 0 saturated carbocycles. The van der Waals surface area contributed by atoms with Gasteiger partial charge in [-0.3, -0.25) is 9.78 Å². The number of piperazine rings is 1. The molecule has 1 saturated heterocycles. The highest BCUT2D eigenvalue weighted by molar-refractivity contribution is 7.89. The van der Waals surface area contributed by atoms with E-state index < -0.39 is 38.3 Å². The third-order valence-corrected chi connectivity index (χ3v) is 6.73. The van der Waals surface area contributed by atoms with Crippen LogP contribution in [-0.4, -0.2) is 59.8 Å². The van der Waals surface area contributed by atoms with Crippen LogP contribution in [0.5, 0.6) is 0 Å². The van der Waals surface area contributed by atoms with Crippen LogP contribution in [0.3, 0.4) is 0 Å². The van der Waals surface area contributed by atoms with Crippen molar-refractivity contribution in [3.8, 4) is 11.3 Å². The Hall–Kier alpha value is -3.25. The van der Waals surface area contributed by atoms with Crippen LogP contribution in [0.1, 0.15) is 10.5 Å². The zero-order chi connectivity index (χ0) is 22.2. The third kappa shape index (κ3) is 3.91. The van der Waals surface area contributed by atoms with Gasteiger partial charge in [-0.1, -0.05) is 5.16 Å². The van der Waals surface area contributed by atoms with E-state index in [9.17, 15) is 26.4 Å². The number of nitrogens with zero attached hydrogens (tertiary/aromatic N) is 4. The summed E-state index contributed by atoms with van der Waals surface area (Å²) in [6.07, 6.45) is 3.14. The van der Waals surface area contributed by atoms with Gasteiger partial charge in [0.1, 0.15) is 4.90 Å². The number of hydrogen-bond acceptors (Lipinski definition) is 6. The second-order valence-electron chi connectivity index (χ2n) is 6.69. The van der Waals surface area contributed by atoms with Crippen molar-refractivity contribution in [2.75, 3.05) is 26.2 Å². The number of aromatic nitrogens is 2. The maximum atomic E-state index is 14.0. The van der Waals surface area contributed by atoms with Crippen LogP contribution in [0, 0.1) is 17.5 Å². The standard InChI is InChI=1S/C19H15F3N4O4S/c20-13-3-4-16(18(22)17(13)21)31(28,29)26-8-6-25(7-9-26)19(27)14-10-15(30-24-14)12-2-1-5-23-11-12/h1-5,10-11H,6-9H2. The maximum absolute atomic E-state index is 14.0. The predicted octanol–water partition coefficient (Wildman–Crippen LogP) is 2.30. The van der Waals surface area contributed by atoms with E-state index in [1.165, 1.54) is 11.0 Å². The molecular formula is C19H15F3N4O4S. The molecule has 0 radical (unpaired) electrons. The molecule has 4 rings (SSSR count). The van der Waals surface area contributed by atoms with Crippen molar-refractivity contribution in [1.29, 1.82) is 0 Å². The lowest BCUT2D eigenvalue weighted by Gasteiger charge is -2.33. The molecular weight excluding hydrogens is 437 g/mol. The Balaban J connectivity index is 1.46. The SMILES string of the molecule is O=C(c1cc(-c2cccnc2)on1)N1CCN(S(=O)(=O)c2ccc(F)c(F)c2F)CC1. The number of carbonyl (C=O) groups excluding carboxylic acids is 1. The number of benzene rings is 1. The summed E-state index contributed by atoms with van der Waals surface area (Å²) in [4.78, 5) is 17.1. The number of carbonyl (C=O) groups is 1. The van der Waals surface area contributed by atoms with Crippen LogP contribution in [0.4, 0.5) is 13.2 Å². The quantitative estimate of drug-likeness (QED) is 0.564. The van der Waals surface area contributed by atoms with E-state index in [2.05, 4.69) is 10.1 Å². The number of sulfonamides is 1. The van der Waals surface area contributed by atoms with Crippen molar-refractivity contribution in [2.24, 2.45) is 0 Å². The molecule has 0 N–H and O–H groups in total. The molecule has 162 valence electrons. The van der Waals surface area contributed by atoms with Crippen molar-refractivity contribution >= 4 is 15.9 Å². The summed E-state index contributed by atoms with van der Waals surface area (Å²) in [5, 5.41) is 3.76. The molecule has 0 bridgehead atoms. The molecule has 12 heteroatoms. The fourth-order valence-corrected chi connectivity index (χ4v) is 4.64. The Labute approximate surface area is 174 Å². The zero-order valence-corrected chi connectivity index (χ0v) is 16.7. The van der Waals surface area contributed by atoms with Crippen LogP contribution >= 0.6 is 0 Å². The van der Waals surface area contributed by atoms with Gasteiger partial charge in [-0.25, -0.2) is 21.6 Å². The van der Waals surface area contributed by atoms with E-state index in [1.54, 1.807) is 24.5 Å². The predicted molar refractivity (Wildman–Crippen MR) is 101 cm³/mol. The average molecular weight is 452 g/mol. The van der Waals surface area contributed by atoms with Crippen LogP contribution in [-0.2, 0) is 10.0 Å². The van der Waals surface area contributed by atoms with Gasteiger partial charge in [-0.05, 0) is 24.3 Å². The Morgan fingerprint density at radius 2 is 1.77 bits per heavy atom. The van der Waals surface area contributed by atoms with E-state index in [1.807, 2.05) is 0 Å². The first-order valence-corrected chi connectivity index (χ1v) is 10.5. The van der Waals surface area contributed by atoms with Gasteiger partial charge in [0.05, 0.1) is 0 Å².